The van der Waals surface area contributed by atoms with Gasteiger partial charge in [-0.25, -0.2) is 8.78 Å². The average Bonchev–Trinajstić information content (AvgIpc) is 2.30. The first-order valence-electron chi connectivity index (χ1n) is 5.97. The molecule has 0 radical (unpaired) electrons. The van der Waals surface area contributed by atoms with Crippen molar-refractivity contribution < 1.29 is 8.78 Å². The van der Waals surface area contributed by atoms with Crippen LogP contribution in [-0.4, -0.2) is 31.1 Å². The number of nitrogens with one attached hydrogen (secondary N) is 1. The van der Waals surface area contributed by atoms with Gasteiger partial charge in [0.25, 0.3) is 6.43 Å². The molecular weight excluding hydrogens is 222 g/mol. The van der Waals surface area contributed by atoms with Gasteiger partial charge in [0, 0.05) is 38.3 Å². The highest BCUT2D eigenvalue weighted by atomic mass is 19.3. The number of alkyl halides is 2. The van der Waals surface area contributed by atoms with Crippen LogP contribution in [0.5, 0.6) is 0 Å². The molecule has 1 fully saturated rings. The molecule has 1 heterocycles. The number of halogens is 2. The van der Waals surface area contributed by atoms with E-state index in [-0.39, 0.29) is 5.56 Å². The molecular formula is C13H18F2N2. The van der Waals surface area contributed by atoms with Crippen LogP contribution in [-0.2, 0) is 6.54 Å². The summed E-state index contributed by atoms with van der Waals surface area (Å²) in [6.07, 6.45) is -2.38. The summed E-state index contributed by atoms with van der Waals surface area (Å²) in [5, 5.41) is 3.26. The normalized spacial score (nSPS) is 17.6. The molecule has 0 atom stereocenters. The highest BCUT2D eigenvalue weighted by Crippen LogP contribution is 2.25. The van der Waals surface area contributed by atoms with Crippen molar-refractivity contribution in [3.63, 3.8) is 0 Å². The third kappa shape index (κ3) is 3.23. The zero-order valence-corrected chi connectivity index (χ0v) is 10.0. The second-order valence-corrected chi connectivity index (χ2v) is 4.53. The lowest BCUT2D eigenvalue weighted by Gasteiger charge is -2.28. The van der Waals surface area contributed by atoms with Crippen LogP contribution in [0.25, 0.3) is 0 Å². The highest BCUT2D eigenvalue weighted by molar-refractivity contribution is 5.32. The van der Waals surface area contributed by atoms with Gasteiger partial charge in [0.1, 0.15) is 0 Å². The van der Waals surface area contributed by atoms with Gasteiger partial charge >= 0.3 is 0 Å². The lowest BCUT2D eigenvalue weighted by atomic mass is 10.0. The Morgan fingerprint density at radius 3 is 2.65 bits per heavy atom. The Bertz CT molecular complexity index is 374. The predicted molar refractivity (Wildman–Crippen MR) is 64.3 cm³/mol. The van der Waals surface area contributed by atoms with Crippen molar-refractivity contribution in [3.8, 4) is 0 Å². The molecule has 2 nitrogen and oxygen atoms in total. The van der Waals surface area contributed by atoms with E-state index in [1.165, 1.54) is 0 Å². The lowest BCUT2D eigenvalue weighted by Crippen LogP contribution is -2.43. The van der Waals surface area contributed by atoms with Crippen molar-refractivity contribution in [2.45, 2.75) is 19.9 Å². The summed E-state index contributed by atoms with van der Waals surface area (Å²) in [5.74, 6) is 0. The van der Waals surface area contributed by atoms with E-state index >= 15 is 0 Å². The molecule has 0 aromatic heterocycles. The Morgan fingerprint density at radius 2 is 2.00 bits per heavy atom. The van der Waals surface area contributed by atoms with Crippen LogP contribution in [0.3, 0.4) is 0 Å². The minimum atomic E-state index is -2.38. The monoisotopic (exact) mass is 240 g/mol. The van der Waals surface area contributed by atoms with Crippen LogP contribution in [0.2, 0.25) is 0 Å². The largest absolute Gasteiger partial charge is 0.314 e. The number of hydrogen-bond acceptors (Lipinski definition) is 2. The number of aryl methyl sites for hydroxylation is 1. The lowest BCUT2D eigenvalue weighted by molar-refractivity contribution is 0.147. The van der Waals surface area contributed by atoms with Crippen LogP contribution in [0.1, 0.15) is 23.1 Å². The van der Waals surface area contributed by atoms with Crippen LogP contribution < -0.4 is 5.32 Å². The summed E-state index contributed by atoms with van der Waals surface area (Å²) >= 11 is 0. The standard InChI is InChI=1S/C13H18F2N2/c1-10-2-3-12(13(14)15)11(8-10)9-17-6-4-16-5-7-17/h2-3,8,13,16H,4-7,9H2,1H3. The Kier molecular flexibility index (Phi) is 4.07. The average molecular weight is 240 g/mol. The van der Waals surface area contributed by atoms with Crippen LogP contribution in [0, 0.1) is 6.92 Å². The van der Waals surface area contributed by atoms with Crippen molar-refractivity contribution in [2.24, 2.45) is 0 Å². The number of hydrogen-bond donors (Lipinski definition) is 1. The SMILES string of the molecule is Cc1ccc(C(F)F)c(CN2CCNCC2)c1. The van der Waals surface area contributed by atoms with Gasteiger partial charge in [-0.15, -0.1) is 0 Å². The van der Waals surface area contributed by atoms with Gasteiger partial charge in [0.05, 0.1) is 0 Å². The predicted octanol–water partition coefficient (Wildman–Crippen LogP) is 2.34. The van der Waals surface area contributed by atoms with Gasteiger partial charge in [-0.2, -0.15) is 0 Å². The van der Waals surface area contributed by atoms with Crippen molar-refractivity contribution in [3.05, 3.63) is 34.9 Å². The molecule has 1 N–H and O–H groups in total. The van der Waals surface area contributed by atoms with Crippen LogP contribution in [0.15, 0.2) is 18.2 Å². The number of benzene rings is 1. The van der Waals surface area contributed by atoms with E-state index < -0.39 is 6.43 Å². The van der Waals surface area contributed by atoms with Crippen molar-refractivity contribution in [1.82, 2.24) is 10.2 Å². The van der Waals surface area contributed by atoms with E-state index in [9.17, 15) is 8.78 Å². The maximum absolute atomic E-state index is 12.9. The van der Waals surface area contributed by atoms with E-state index in [1.54, 1.807) is 12.1 Å². The third-order valence-corrected chi connectivity index (χ3v) is 3.14. The van der Waals surface area contributed by atoms with E-state index in [0.717, 1.165) is 37.3 Å². The quantitative estimate of drug-likeness (QED) is 0.872. The summed E-state index contributed by atoms with van der Waals surface area (Å²) in [6, 6.07) is 5.18. The summed E-state index contributed by atoms with van der Waals surface area (Å²) < 4.78 is 25.8. The summed E-state index contributed by atoms with van der Waals surface area (Å²) in [7, 11) is 0. The van der Waals surface area contributed by atoms with Crippen LogP contribution in [0.4, 0.5) is 8.78 Å². The van der Waals surface area contributed by atoms with E-state index in [0.29, 0.717) is 6.54 Å². The second kappa shape index (κ2) is 5.56. The molecule has 0 saturated carbocycles. The van der Waals surface area contributed by atoms with Gasteiger partial charge in [0.15, 0.2) is 0 Å². The summed E-state index contributed by atoms with van der Waals surface area (Å²) in [5.41, 5.74) is 1.98. The number of nitrogens with zero attached hydrogens (tertiary/aromatic N) is 1. The van der Waals surface area contributed by atoms with Gasteiger partial charge in [-0.3, -0.25) is 4.90 Å². The topological polar surface area (TPSA) is 15.3 Å². The molecule has 17 heavy (non-hydrogen) atoms. The van der Waals surface area contributed by atoms with Gasteiger partial charge in [0.2, 0.25) is 0 Å². The molecule has 0 bridgehead atoms. The maximum atomic E-state index is 12.9. The molecule has 0 amide bonds. The minimum absolute atomic E-state index is 0.175. The Labute approximate surface area is 101 Å². The van der Waals surface area contributed by atoms with E-state index in [2.05, 4.69) is 10.2 Å². The maximum Gasteiger partial charge on any atom is 0.264 e. The Hall–Kier alpha value is -1.00. The number of piperazine rings is 1. The molecule has 2 rings (SSSR count). The molecule has 1 aliphatic heterocycles. The van der Waals surface area contributed by atoms with E-state index in [1.807, 2.05) is 13.0 Å². The molecule has 1 aliphatic rings. The molecule has 1 aromatic rings. The minimum Gasteiger partial charge on any atom is -0.314 e. The van der Waals surface area contributed by atoms with Gasteiger partial charge < -0.3 is 5.32 Å². The first kappa shape index (κ1) is 12.5. The van der Waals surface area contributed by atoms with Gasteiger partial charge in [-0.05, 0) is 12.5 Å². The zero-order chi connectivity index (χ0) is 12.3. The smallest absolute Gasteiger partial charge is 0.264 e. The summed E-state index contributed by atoms with van der Waals surface area (Å²) in [6.45, 7) is 6.30. The zero-order valence-electron chi connectivity index (χ0n) is 10.0. The van der Waals surface area contributed by atoms with Crippen molar-refractivity contribution >= 4 is 0 Å². The molecule has 0 spiro atoms. The molecule has 94 valence electrons. The summed E-state index contributed by atoms with van der Waals surface area (Å²) in [4.78, 5) is 2.22. The van der Waals surface area contributed by atoms with Gasteiger partial charge in [-0.1, -0.05) is 23.8 Å². The molecule has 4 heteroatoms. The molecule has 1 aromatic carbocycles. The fourth-order valence-electron chi connectivity index (χ4n) is 2.19. The number of rotatable bonds is 3. The molecule has 0 unspecified atom stereocenters. The molecule has 0 aliphatic carbocycles. The fourth-order valence-corrected chi connectivity index (χ4v) is 2.19. The first-order chi connectivity index (χ1) is 8.16. The third-order valence-electron chi connectivity index (χ3n) is 3.14. The second-order valence-electron chi connectivity index (χ2n) is 4.53. The first-order valence-corrected chi connectivity index (χ1v) is 5.97. The molecule has 1 saturated heterocycles. The van der Waals surface area contributed by atoms with Crippen molar-refractivity contribution in [1.29, 1.82) is 0 Å². The Morgan fingerprint density at radius 1 is 1.29 bits per heavy atom. The van der Waals surface area contributed by atoms with Crippen LogP contribution >= 0.6 is 0 Å². The fraction of sp³-hybridized carbons (Fsp3) is 0.538. The highest BCUT2D eigenvalue weighted by Gasteiger charge is 2.16. The van der Waals surface area contributed by atoms with Crippen molar-refractivity contribution in [2.75, 3.05) is 26.2 Å². The van der Waals surface area contributed by atoms with E-state index in [4.69, 9.17) is 0 Å². The Balaban J connectivity index is 2.14.